The standard InChI is InChI=1S/C29H33FN4O5/c30-22-15-20(16-25-28(22)39-14-13-38-25)26(35)24(17-34-11-1-2-12-34)33-29(37)27(36)19-5-3-18(4-6-19)23(31)9-10-32-21-7-8-21/h3-6,9-10,15-16,21,24,26,35H,1-2,7-8,11-14,17,31H2,(H,33,37)/t24-,26-/m1/s1. The molecule has 0 spiro atoms. The van der Waals surface area contributed by atoms with Gasteiger partial charge in [-0.3, -0.25) is 14.6 Å². The highest BCUT2D eigenvalue weighted by atomic mass is 19.1. The summed E-state index contributed by atoms with van der Waals surface area (Å²) in [5.74, 6) is -2.06. The molecule has 4 N–H and O–H groups in total. The zero-order valence-corrected chi connectivity index (χ0v) is 21.6. The van der Waals surface area contributed by atoms with E-state index in [1.54, 1.807) is 24.4 Å². The first-order valence-electron chi connectivity index (χ1n) is 13.3. The SMILES string of the molecule is NC(=CC=NC1CC1)c1ccc(C(=O)C(=O)N[C@H](CN2CCCC2)[C@H](O)c2cc(F)c3c(c2)OCCO3)cc1. The molecule has 2 aliphatic heterocycles. The van der Waals surface area contributed by atoms with Crippen molar-refractivity contribution in [2.24, 2.45) is 10.7 Å². The Morgan fingerprint density at radius 1 is 1.13 bits per heavy atom. The molecule has 5 rings (SSSR count). The third kappa shape index (κ3) is 6.63. The summed E-state index contributed by atoms with van der Waals surface area (Å²) in [6, 6.07) is 8.65. The lowest BCUT2D eigenvalue weighted by molar-refractivity contribution is -0.118. The molecular formula is C29H33FN4O5. The second-order valence-corrected chi connectivity index (χ2v) is 10.1. The second-order valence-electron chi connectivity index (χ2n) is 10.1. The quantitative estimate of drug-likeness (QED) is 0.242. The minimum absolute atomic E-state index is 0.00151. The van der Waals surface area contributed by atoms with Gasteiger partial charge in [-0.15, -0.1) is 0 Å². The van der Waals surface area contributed by atoms with E-state index in [9.17, 15) is 19.1 Å². The monoisotopic (exact) mass is 536 g/mol. The van der Waals surface area contributed by atoms with Gasteiger partial charge in [0.2, 0.25) is 5.78 Å². The molecule has 0 bridgehead atoms. The Hall–Kier alpha value is -3.76. The minimum Gasteiger partial charge on any atom is -0.486 e. The Balaban J connectivity index is 1.29. The Bertz CT molecular complexity index is 1270. The Morgan fingerprint density at radius 3 is 2.54 bits per heavy atom. The van der Waals surface area contributed by atoms with Crippen molar-refractivity contribution in [1.82, 2.24) is 10.2 Å². The smallest absolute Gasteiger partial charge is 0.292 e. The number of carbonyl (C=O) groups excluding carboxylic acids is 2. The van der Waals surface area contributed by atoms with E-state index in [0.29, 0.717) is 23.8 Å². The van der Waals surface area contributed by atoms with Gasteiger partial charge >= 0.3 is 0 Å². The van der Waals surface area contributed by atoms with E-state index < -0.39 is 29.7 Å². The predicted molar refractivity (Wildman–Crippen MR) is 144 cm³/mol. The van der Waals surface area contributed by atoms with Gasteiger partial charge in [-0.1, -0.05) is 24.3 Å². The summed E-state index contributed by atoms with van der Waals surface area (Å²) in [6.07, 6.45) is 6.35. The summed E-state index contributed by atoms with van der Waals surface area (Å²) in [6.45, 7) is 2.43. The number of rotatable bonds is 10. The number of aliphatic imine (C=N–C) groups is 1. The van der Waals surface area contributed by atoms with Gasteiger partial charge < -0.3 is 30.5 Å². The highest BCUT2D eigenvalue weighted by Crippen LogP contribution is 2.36. The number of hydrogen-bond acceptors (Lipinski definition) is 8. The van der Waals surface area contributed by atoms with Crippen LogP contribution in [0.2, 0.25) is 0 Å². The van der Waals surface area contributed by atoms with Crippen LogP contribution in [0.4, 0.5) is 4.39 Å². The summed E-state index contributed by atoms with van der Waals surface area (Å²) >= 11 is 0. The molecule has 3 aliphatic rings. The zero-order chi connectivity index (χ0) is 27.4. The molecular weight excluding hydrogens is 503 g/mol. The number of nitrogens with zero attached hydrogens (tertiary/aromatic N) is 2. The molecule has 1 saturated carbocycles. The van der Waals surface area contributed by atoms with Crippen LogP contribution in [0.25, 0.3) is 5.70 Å². The molecule has 2 fully saturated rings. The number of aliphatic hydroxyl groups excluding tert-OH is 1. The molecule has 2 heterocycles. The number of halogens is 1. The van der Waals surface area contributed by atoms with Crippen LogP contribution in [0.3, 0.4) is 0 Å². The number of likely N-dealkylation sites (tertiary alicyclic amines) is 1. The lowest BCUT2D eigenvalue weighted by atomic mass is 9.99. The first kappa shape index (κ1) is 26.8. The fourth-order valence-electron chi connectivity index (χ4n) is 4.75. The van der Waals surface area contributed by atoms with Gasteiger partial charge in [0.1, 0.15) is 19.3 Å². The number of carbonyl (C=O) groups is 2. The van der Waals surface area contributed by atoms with Crippen LogP contribution in [0.1, 0.15) is 53.3 Å². The maximum atomic E-state index is 14.7. The normalized spacial score (nSPS) is 19.2. The highest BCUT2D eigenvalue weighted by molar-refractivity contribution is 6.42. The predicted octanol–water partition coefficient (Wildman–Crippen LogP) is 2.63. The zero-order valence-electron chi connectivity index (χ0n) is 21.6. The van der Waals surface area contributed by atoms with Crippen molar-refractivity contribution in [3.05, 3.63) is 65.0 Å². The summed E-state index contributed by atoms with van der Waals surface area (Å²) < 4.78 is 25.5. The third-order valence-corrected chi connectivity index (χ3v) is 7.10. The maximum Gasteiger partial charge on any atom is 0.292 e. The topological polar surface area (TPSA) is 126 Å². The van der Waals surface area contributed by atoms with E-state index in [-0.39, 0.29) is 35.8 Å². The van der Waals surface area contributed by atoms with Gasteiger partial charge in [-0.25, -0.2) is 4.39 Å². The van der Waals surface area contributed by atoms with Gasteiger partial charge in [0, 0.05) is 24.0 Å². The summed E-state index contributed by atoms with van der Waals surface area (Å²) in [7, 11) is 0. The van der Waals surface area contributed by atoms with Crippen molar-refractivity contribution < 1.29 is 28.6 Å². The summed E-state index contributed by atoms with van der Waals surface area (Å²) in [5, 5.41) is 13.9. The lowest BCUT2D eigenvalue weighted by Crippen LogP contribution is -2.48. The number of fused-ring (bicyclic) bond motifs is 1. The number of amides is 1. The van der Waals surface area contributed by atoms with Crippen LogP contribution in [0, 0.1) is 5.82 Å². The number of allylic oxidation sites excluding steroid dienone is 1. The number of ketones is 1. The maximum absolute atomic E-state index is 14.7. The van der Waals surface area contributed by atoms with E-state index in [2.05, 4.69) is 15.2 Å². The van der Waals surface area contributed by atoms with Crippen molar-refractivity contribution in [2.45, 2.75) is 43.9 Å². The third-order valence-electron chi connectivity index (χ3n) is 7.10. The van der Waals surface area contributed by atoms with Crippen LogP contribution in [0.15, 0.2) is 47.5 Å². The molecule has 0 aromatic heterocycles. The average Bonchev–Trinajstić information content (AvgIpc) is 3.64. The highest BCUT2D eigenvalue weighted by Gasteiger charge is 2.31. The molecule has 39 heavy (non-hydrogen) atoms. The lowest BCUT2D eigenvalue weighted by Gasteiger charge is -2.29. The Kier molecular flexibility index (Phi) is 8.23. The van der Waals surface area contributed by atoms with Gasteiger partial charge in [0.25, 0.3) is 5.91 Å². The Morgan fingerprint density at radius 2 is 1.82 bits per heavy atom. The first-order chi connectivity index (χ1) is 18.9. The molecule has 1 aliphatic carbocycles. The number of nitrogens with two attached hydrogens (primary N) is 1. The summed E-state index contributed by atoms with van der Waals surface area (Å²) in [4.78, 5) is 32.5. The van der Waals surface area contributed by atoms with Crippen molar-refractivity contribution in [1.29, 1.82) is 0 Å². The number of nitrogens with one attached hydrogen (secondary N) is 1. The van der Waals surface area contributed by atoms with Gasteiger partial charge in [0.05, 0.1) is 12.1 Å². The fourth-order valence-corrected chi connectivity index (χ4v) is 4.75. The molecule has 2 aromatic rings. The second kappa shape index (κ2) is 12.0. The average molecular weight is 537 g/mol. The van der Waals surface area contributed by atoms with Crippen LogP contribution < -0.4 is 20.5 Å². The molecule has 9 nitrogen and oxygen atoms in total. The molecule has 1 amide bonds. The Labute approximate surface area is 226 Å². The largest absolute Gasteiger partial charge is 0.486 e. The van der Waals surface area contributed by atoms with E-state index in [4.69, 9.17) is 15.2 Å². The van der Waals surface area contributed by atoms with E-state index >= 15 is 0 Å². The minimum atomic E-state index is -1.28. The first-order valence-corrected chi connectivity index (χ1v) is 13.3. The van der Waals surface area contributed by atoms with Crippen LogP contribution >= 0.6 is 0 Å². The van der Waals surface area contributed by atoms with Crippen LogP contribution in [-0.2, 0) is 4.79 Å². The molecule has 2 aromatic carbocycles. The van der Waals surface area contributed by atoms with E-state index in [1.165, 1.54) is 24.3 Å². The van der Waals surface area contributed by atoms with Crippen molar-refractivity contribution in [3.63, 3.8) is 0 Å². The number of hydrogen-bond donors (Lipinski definition) is 3. The summed E-state index contributed by atoms with van der Waals surface area (Å²) in [5.41, 5.74) is 7.73. The van der Waals surface area contributed by atoms with Crippen LogP contribution in [-0.4, -0.2) is 72.8 Å². The number of ether oxygens (including phenoxy) is 2. The molecule has 2 atom stereocenters. The van der Waals surface area contributed by atoms with Gasteiger partial charge in [0.15, 0.2) is 17.3 Å². The molecule has 0 unspecified atom stereocenters. The number of aliphatic hydroxyl groups is 1. The molecule has 10 heteroatoms. The number of benzene rings is 2. The van der Waals surface area contributed by atoms with Crippen molar-refractivity contribution in [3.8, 4) is 11.5 Å². The van der Waals surface area contributed by atoms with E-state index in [0.717, 1.165) is 38.8 Å². The van der Waals surface area contributed by atoms with Crippen LogP contribution in [0.5, 0.6) is 11.5 Å². The van der Waals surface area contributed by atoms with Crippen molar-refractivity contribution in [2.75, 3.05) is 32.8 Å². The van der Waals surface area contributed by atoms with Gasteiger partial charge in [-0.05, 0) is 68.1 Å². The molecule has 206 valence electrons. The van der Waals surface area contributed by atoms with Crippen molar-refractivity contribution >= 4 is 23.6 Å². The molecule has 1 saturated heterocycles. The fraction of sp³-hybridized carbons (Fsp3) is 0.414. The number of Topliss-reactive ketones (excluding diaryl/α,β-unsaturated/α-hetero) is 1. The van der Waals surface area contributed by atoms with Gasteiger partial charge in [-0.2, -0.15) is 0 Å². The van der Waals surface area contributed by atoms with E-state index in [1.807, 2.05) is 0 Å². The molecule has 0 radical (unpaired) electrons.